The highest BCUT2D eigenvalue weighted by atomic mass is 16.5. The molecule has 2 rings (SSSR count). The molecule has 1 aromatic carbocycles. The number of aldehydes is 1. The van der Waals surface area contributed by atoms with Crippen molar-refractivity contribution in [3.63, 3.8) is 0 Å². The molecule has 1 aliphatic carbocycles. The van der Waals surface area contributed by atoms with Crippen LogP contribution in [0.2, 0.25) is 0 Å². The summed E-state index contributed by atoms with van der Waals surface area (Å²) >= 11 is 0. The topological polar surface area (TPSA) is 60.4 Å². The minimum atomic E-state index is -0.814. The van der Waals surface area contributed by atoms with Crippen molar-refractivity contribution in [3.05, 3.63) is 35.9 Å². The molecule has 0 bridgehead atoms. The molecule has 4 nitrogen and oxygen atoms in total. The molecule has 4 heteroatoms. The Kier molecular flexibility index (Phi) is 6.44. The third-order valence-corrected chi connectivity index (χ3v) is 5.12. The number of ether oxygens (including phenoxy) is 1. The van der Waals surface area contributed by atoms with Crippen molar-refractivity contribution in [2.45, 2.75) is 58.7 Å². The van der Waals surface area contributed by atoms with Gasteiger partial charge in [-0.2, -0.15) is 0 Å². The molecule has 0 aliphatic heterocycles. The van der Waals surface area contributed by atoms with Gasteiger partial charge in [0, 0.05) is 18.3 Å². The Morgan fingerprint density at radius 2 is 2.04 bits per heavy atom. The Labute approximate surface area is 143 Å². The highest BCUT2D eigenvalue weighted by Crippen LogP contribution is 2.41. The first-order valence-corrected chi connectivity index (χ1v) is 8.61. The molecule has 0 spiro atoms. The molecule has 1 fully saturated rings. The van der Waals surface area contributed by atoms with Crippen molar-refractivity contribution in [1.29, 1.82) is 0 Å². The van der Waals surface area contributed by atoms with Crippen molar-refractivity contribution in [2.24, 2.45) is 11.3 Å². The number of carbonyl (C=O) groups excluding carboxylic acids is 3. The van der Waals surface area contributed by atoms with Gasteiger partial charge in [0.05, 0.1) is 18.6 Å². The van der Waals surface area contributed by atoms with Crippen LogP contribution in [0.15, 0.2) is 30.3 Å². The second-order valence-electron chi connectivity index (χ2n) is 6.93. The zero-order chi connectivity index (χ0) is 17.6. The monoisotopic (exact) mass is 330 g/mol. The van der Waals surface area contributed by atoms with E-state index in [2.05, 4.69) is 0 Å². The van der Waals surface area contributed by atoms with E-state index in [0.29, 0.717) is 32.3 Å². The van der Waals surface area contributed by atoms with Crippen LogP contribution in [-0.4, -0.2) is 24.0 Å². The van der Waals surface area contributed by atoms with Crippen LogP contribution in [-0.2, 0) is 25.7 Å². The predicted molar refractivity (Wildman–Crippen MR) is 91.5 cm³/mol. The fourth-order valence-electron chi connectivity index (χ4n) is 3.47. The van der Waals surface area contributed by atoms with Crippen LogP contribution < -0.4 is 0 Å². The summed E-state index contributed by atoms with van der Waals surface area (Å²) in [4.78, 5) is 35.8. The van der Waals surface area contributed by atoms with Crippen molar-refractivity contribution in [2.75, 3.05) is 0 Å². The number of carbonyl (C=O) groups is 3. The molecule has 1 aromatic rings. The molecule has 24 heavy (non-hydrogen) atoms. The predicted octanol–water partition coefficient (Wildman–Crippen LogP) is 3.52. The summed E-state index contributed by atoms with van der Waals surface area (Å²) < 4.78 is 6.03. The van der Waals surface area contributed by atoms with Gasteiger partial charge in [-0.1, -0.05) is 37.3 Å². The standard InChI is InChI=1S/C20H26O4/c1-15(22)11-12-20(2)17(13-21)18(9-6-10-19(20)23)24-14-16-7-4-3-5-8-16/h3-5,7-8,13,17-18H,6,9-12,14H2,1-2H3/t17?,18-,20-/m0/s1. The van der Waals surface area contributed by atoms with Crippen molar-refractivity contribution in [1.82, 2.24) is 0 Å². The largest absolute Gasteiger partial charge is 0.373 e. The smallest absolute Gasteiger partial charge is 0.139 e. The second kappa shape index (κ2) is 8.34. The Hall–Kier alpha value is -1.81. The molecule has 0 radical (unpaired) electrons. The highest BCUT2D eigenvalue weighted by molar-refractivity contribution is 5.88. The van der Waals surface area contributed by atoms with E-state index in [1.165, 1.54) is 6.92 Å². The summed E-state index contributed by atoms with van der Waals surface area (Å²) in [5.74, 6) is -0.387. The van der Waals surface area contributed by atoms with E-state index in [0.717, 1.165) is 18.3 Å². The van der Waals surface area contributed by atoms with Gasteiger partial charge in [0.15, 0.2) is 0 Å². The van der Waals surface area contributed by atoms with Gasteiger partial charge in [0.1, 0.15) is 17.9 Å². The second-order valence-corrected chi connectivity index (χ2v) is 6.93. The molecule has 3 atom stereocenters. The maximum Gasteiger partial charge on any atom is 0.139 e. The van der Waals surface area contributed by atoms with Crippen molar-refractivity contribution >= 4 is 17.9 Å². The Morgan fingerprint density at radius 3 is 2.67 bits per heavy atom. The van der Waals surface area contributed by atoms with Gasteiger partial charge in [-0.3, -0.25) is 4.79 Å². The average molecular weight is 330 g/mol. The molecule has 1 saturated carbocycles. The van der Waals surface area contributed by atoms with Crippen LogP contribution in [0.5, 0.6) is 0 Å². The van der Waals surface area contributed by atoms with E-state index in [-0.39, 0.29) is 17.7 Å². The summed E-state index contributed by atoms with van der Waals surface area (Å²) in [7, 11) is 0. The lowest BCUT2D eigenvalue weighted by Gasteiger charge is -2.35. The number of Topliss-reactive ketones (excluding diaryl/α,β-unsaturated/α-hetero) is 2. The van der Waals surface area contributed by atoms with E-state index < -0.39 is 11.3 Å². The lowest BCUT2D eigenvalue weighted by atomic mass is 9.69. The van der Waals surface area contributed by atoms with Gasteiger partial charge in [-0.05, 0) is 31.7 Å². The van der Waals surface area contributed by atoms with Crippen LogP contribution in [0.4, 0.5) is 0 Å². The quantitative estimate of drug-likeness (QED) is 0.567. The van der Waals surface area contributed by atoms with Crippen LogP contribution >= 0.6 is 0 Å². The number of hydrogen-bond donors (Lipinski definition) is 0. The molecule has 0 heterocycles. The lowest BCUT2D eigenvalue weighted by molar-refractivity contribution is -0.140. The molecule has 0 aromatic heterocycles. The molecule has 0 amide bonds. The lowest BCUT2D eigenvalue weighted by Crippen LogP contribution is -2.42. The summed E-state index contributed by atoms with van der Waals surface area (Å²) in [5.41, 5.74) is 0.230. The van der Waals surface area contributed by atoms with Gasteiger partial charge in [-0.15, -0.1) is 0 Å². The van der Waals surface area contributed by atoms with Crippen LogP contribution in [0.1, 0.15) is 51.5 Å². The third kappa shape index (κ3) is 4.38. The Balaban J connectivity index is 2.15. The zero-order valence-corrected chi connectivity index (χ0v) is 14.5. The van der Waals surface area contributed by atoms with E-state index in [4.69, 9.17) is 4.74 Å². The number of hydrogen-bond acceptors (Lipinski definition) is 4. The summed E-state index contributed by atoms with van der Waals surface area (Å²) in [6, 6.07) is 9.80. The first-order chi connectivity index (χ1) is 11.5. The maximum atomic E-state index is 12.6. The molecular weight excluding hydrogens is 304 g/mol. The van der Waals surface area contributed by atoms with Crippen molar-refractivity contribution < 1.29 is 19.1 Å². The van der Waals surface area contributed by atoms with Crippen LogP contribution in [0, 0.1) is 11.3 Å². The maximum absolute atomic E-state index is 12.6. The van der Waals surface area contributed by atoms with Gasteiger partial charge in [-0.25, -0.2) is 0 Å². The van der Waals surface area contributed by atoms with Crippen LogP contribution in [0.3, 0.4) is 0 Å². The minimum absolute atomic E-state index is 0.0414. The van der Waals surface area contributed by atoms with Crippen molar-refractivity contribution in [3.8, 4) is 0 Å². The van der Waals surface area contributed by atoms with E-state index in [1.54, 1.807) is 0 Å². The first kappa shape index (κ1) is 18.5. The molecular formula is C20H26O4. The SMILES string of the molecule is CC(=O)CC[C@]1(C)C(=O)CCC[C@H](OCc2ccccc2)C1C=O. The first-order valence-electron chi connectivity index (χ1n) is 8.61. The fourth-order valence-corrected chi connectivity index (χ4v) is 3.47. The normalized spacial score (nSPS) is 27.5. The summed E-state index contributed by atoms with van der Waals surface area (Å²) in [6.45, 7) is 3.76. The number of ketones is 2. The average Bonchev–Trinajstić information content (AvgIpc) is 2.69. The Morgan fingerprint density at radius 1 is 1.33 bits per heavy atom. The number of benzene rings is 1. The zero-order valence-electron chi connectivity index (χ0n) is 14.5. The minimum Gasteiger partial charge on any atom is -0.373 e. The molecule has 1 unspecified atom stereocenters. The molecule has 0 saturated heterocycles. The molecule has 130 valence electrons. The van der Waals surface area contributed by atoms with Gasteiger partial charge < -0.3 is 14.3 Å². The number of rotatable bonds is 7. The Bertz CT molecular complexity index is 581. The fraction of sp³-hybridized carbons (Fsp3) is 0.550. The third-order valence-electron chi connectivity index (χ3n) is 5.12. The van der Waals surface area contributed by atoms with Crippen LogP contribution in [0.25, 0.3) is 0 Å². The van der Waals surface area contributed by atoms with Gasteiger partial charge >= 0.3 is 0 Å². The summed E-state index contributed by atoms with van der Waals surface area (Å²) in [6.07, 6.45) is 3.17. The van der Waals surface area contributed by atoms with E-state index in [1.807, 2.05) is 37.3 Å². The molecule has 1 aliphatic rings. The van der Waals surface area contributed by atoms with Gasteiger partial charge in [0.2, 0.25) is 0 Å². The highest BCUT2D eigenvalue weighted by Gasteiger charge is 2.46. The van der Waals surface area contributed by atoms with Gasteiger partial charge in [0.25, 0.3) is 0 Å². The molecule has 0 N–H and O–H groups in total. The van der Waals surface area contributed by atoms with E-state index in [9.17, 15) is 14.4 Å². The van der Waals surface area contributed by atoms with E-state index >= 15 is 0 Å². The summed E-state index contributed by atoms with van der Waals surface area (Å²) in [5, 5.41) is 0.